The molecule has 0 saturated carbocycles. The maximum Gasteiger partial charge on any atom is 0.398 e. The average Bonchev–Trinajstić information content (AvgIpc) is 3.74. The first kappa shape index (κ1) is 44.4. The molecule has 0 fully saturated rings. The Labute approximate surface area is 315 Å². The largest absolute Gasteiger partial charge is 0.870 e. The van der Waals surface area contributed by atoms with Gasteiger partial charge >= 0.3 is 20.1 Å². The summed E-state index contributed by atoms with van der Waals surface area (Å²) in [6.45, 7) is 6.38. The Morgan fingerprint density at radius 3 is 1.81 bits per heavy atom. The Kier molecular flexibility index (Phi) is 19.3. The average molecular weight is 763 g/mol. The van der Waals surface area contributed by atoms with E-state index in [0.29, 0.717) is 22.3 Å². The highest BCUT2D eigenvalue weighted by Crippen LogP contribution is 2.26. The first-order valence-electron chi connectivity index (χ1n) is 15.3. The van der Waals surface area contributed by atoms with E-state index in [9.17, 15) is 19.5 Å². The predicted octanol–water partition coefficient (Wildman–Crippen LogP) is -0.195. The van der Waals surface area contributed by atoms with Gasteiger partial charge in [-0.15, -0.1) is 22.7 Å². The topological polar surface area (TPSA) is 291 Å². The summed E-state index contributed by atoms with van der Waals surface area (Å²) in [5.41, 5.74) is 8.70. The fourth-order valence-corrected chi connectivity index (χ4v) is 4.83. The summed E-state index contributed by atoms with van der Waals surface area (Å²) in [5.74, 6) is -2.43. The summed E-state index contributed by atoms with van der Waals surface area (Å²) in [4.78, 5) is 62.3. The van der Waals surface area contributed by atoms with Crippen LogP contribution in [0.5, 0.6) is 0 Å². The Morgan fingerprint density at radius 2 is 1.43 bits per heavy atom. The van der Waals surface area contributed by atoms with Crippen LogP contribution in [0.25, 0.3) is 21.1 Å². The quantitative estimate of drug-likeness (QED) is 0.0337. The number of carbonyl (C=O) groups is 3. The minimum absolute atomic E-state index is 0.200. The van der Waals surface area contributed by atoms with E-state index in [1.54, 1.807) is 36.0 Å². The molecule has 0 unspecified atom stereocenters. The number of pyridine rings is 2. The number of carboxylic acid groups (broad SMARTS) is 1. The molecule has 4 rings (SSSR count). The Balaban J connectivity index is 0.000000310. The van der Waals surface area contributed by atoms with Crippen molar-refractivity contribution in [3.05, 3.63) is 58.8 Å². The van der Waals surface area contributed by atoms with E-state index in [-0.39, 0.29) is 13.2 Å². The lowest BCUT2D eigenvalue weighted by atomic mass is 9.92. The Morgan fingerprint density at radius 1 is 0.925 bits per heavy atom. The molecule has 2 amide bonds. The van der Waals surface area contributed by atoms with Crippen LogP contribution in [0.3, 0.4) is 0 Å². The molecule has 2 atom stereocenters. The van der Waals surface area contributed by atoms with E-state index in [0.717, 1.165) is 21.8 Å². The van der Waals surface area contributed by atoms with Gasteiger partial charge in [-0.05, 0) is 51.8 Å². The van der Waals surface area contributed by atoms with Gasteiger partial charge in [0.15, 0.2) is 5.81 Å². The standard InChI is InChI=1S/C14H17B2N5O4S.C10H13BN4O2S.C4H6BNO3/c1-8(18-14(15)23)12(22)19-11-7-26-13(20-11)9-3-4-10(17-5-9)6-25-21-16(2)24;1-11(16)15-17-5-8-3-2-7(4-13-8)10-14-9(12)6-18-10;1-2(3(7)8)6-4(5)9/h3-5,7-8,21,24H,6H2,1-2H3,(H,18,23)(H,19,22);2-4,6,15-16H,5,12H2,1H3;2H,1H3,(H,6,9)(H,7,8)/p-1/t8-;;2-/m0.0/s1. The van der Waals surface area contributed by atoms with Gasteiger partial charge in [0.25, 0.3) is 0 Å². The number of carboxylic acids is 1. The molecule has 0 aliphatic rings. The van der Waals surface area contributed by atoms with E-state index < -0.39 is 49.7 Å². The molecule has 0 saturated heterocycles. The molecule has 4 radical (unpaired) electrons. The van der Waals surface area contributed by atoms with Crippen LogP contribution in [0.15, 0.2) is 52.4 Å². The van der Waals surface area contributed by atoms with Crippen LogP contribution in [-0.4, -0.2) is 100 Å². The SMILES string of the molecule is CB(O)NOCc1ccc(-c2nc(N)cs2)cn1.[B]C(=O)N[C@@H](C)C(=O)O.[B]C([O-])=N[C@@H](C)C(=O)Nc1csc(-c2ccc(CONB(C)O)nc2)n1. The Bertz CT molecular complexity index is 1760. The molecule has 25 heteroatoms. The predicted molar refractivity (Wildman–Crippen MR) is 201 cm³/mol. The summed E-state index contributed by atoms with van der Waals surface area (Å²) >= 11 is 2.81. The van der Waals surface area contributed by atoms with Crippen molar-refractivity contribution in [1.82, 2.24) is 36.0 Å². The number of aliphatic carboxylic acids is 1. The maximum absolute atomic E-state index is 11.9. The van der Waals surface area contributed by atoms with Gasteiger partial charge in [-0.3, -0.25) is 24.4 Å². The second kappa shape index (κ2) is 23.0. The number of amides is 2. The van der Waals surface area contributed by atoms with Gasteiger partial charge in [0.2, 0.25) is 13.8 Å². The molecular formula is C28H35B4N10O9S2-. The summed E-state index contributed by atoms with van der Waals surface area (Å²) in [6.07, 6.45) is 3.36. The van der Waals surface area contributed by atoms with Crippen molar-refractivity contribution in [2.24, 2.45) is 4.99 Å². The minimum Gasteiger partial charge on any atom is -0.870 e. The molecule has 4 aromatic heterocycles. The molecule has 4 aromatic rings. The van der Waals surface area contributed by atoms with Gasteiger partial charge in [0, 0.05) is 34.3 Å². The van der Waals surface area contributed by atoms with Crippen molar-refractivity contribution in [2.45, 2.75) is 52.8 Å². The lowest BCUT2D eigenvalue weighted by molar-refractivity contribution is -0.208. The van der Waals surface area contributed by atoms with Crippen molar-refractivity contribution in [3.8, 4) is 21.1 Å². The Hall–Kier alpha value is -4.74. The monoisotopic (exact) mass is 763 g/mol. The summed E-state index contributed by atoms with van der Waals surface area (Å²) in [5, 5.41) is 51.2. The number of rotatable bonds is 15. The smallest absolute Gasteiger partial charge is 0.398 e. The third kappa shape index (κ3) is 18.0. The van der Waals surface area contributed by atoms with Crippen LogP contribution in [0.1, 0.15) is 25.2 Å². The lowest BCUT2D eigenvalue weighted by Gasteiger charge is -2.10. The summed E-state index contributed by atoms with van der Waals surface area (Å²) in [7, 11) is 8.08. The van der Waals surface area contributed by atoms with Crippen molar-refractivity contribution < 1.29 is 44.3 Å². The van der Waals surface area contributed by atoms with Crippen LogP contribution < -0.4 is 32.3 Å². The second-order valence-electron chi connectivity index (χ2n) is 10.6. The zero-order chi connectivity index (χ0) is 39.5. The fraction of sp³-hybridized carbons (Fsp3) is 0.286. The van der Waals surface area contributed by atoms with E-state index in [4.69, 9.17) is 38.4 Å². The van der Waals surface area contributed by atoms with Crippen molar-refractivity contribution >= 4 is 87.6 Å². The van der Waals surface area contributed by atoms with Gasteiger partial charge < -0.3 is 51.3 Å². The fourth-order valence-electron chi connectivity index (χ4n) is 3.38. The number of anilines is 2. The number of nitrogens with two attached hydrogens (primary N) is 1. The maximum atomic E-state index is 11.9. The highest BCUT2D eigenvalue weighted by Gasteiger charge is 2.14. The van der Waals surface area contributed by atoms with Crippen molar-refractivity contribution in [1.29, 1.82) is 0 Å². The highest BCUT2D eigenvalue weighted by atomic mass is 32.1. The molecule has 0 aromatic carbocycles. The normalized spacial score (nSPS) is 11.8. The molecule has 0 bridgehead atoms. The molecule has 53 heavy (non-hydrogen) atoms. The van der Waals surface area contributed by atoms with Crippen LogP contribution in [0.4, 0.5) is 16.4 Å². The number of nitrogens with zero attached hydrogens (tertiary/aromatic N) is 5. The number of aromatic nitrogens is 4. The highest BCUT2D eigenvalue weighted by molar-refractivity contribution is 7.13. The first-order chi connectivity index (χ1) is 25.0. The third-order valence-corrected chi connectivity index (χ3v) is 7.60. The first-order valence-corrected chi connectivity index (χ1v) is 17.1. The summed E-state index contributed by atoms with van der Waals surface area (Å²) < 4.78 is 0. The number of carbonyl (C=O) groups excluding carboxylic acids is 2. The number of nitrogens with one attached hydrogen (secondary N) is 4. The third-order valence-electron chi connectivity index (χ3n) is 5.80. The molecule has 19 nitrogen and oxygen atoms in total. The zero-order valence-corrected chi connectivity index (χ0v) is 30.6. The van der Waals surface area contributed by atoms with Crippen LogP contribution >= 0.6 is 22.7 Å². The van der Waals surface area contributed by atoms with Crippen LogP contribution in [0, 0.1) is 0 Å². The van der Waals surface area contributed by atoms with Gasteiger partial charge in [0.1, 0.15) is 54.8 Å². The summed E-state index contributed by atoms with van der Waals surface area (Å²) in [6, 6.07) is 5.54. The minimum atomic E-state index is -1.10. The molecule has 0 aliphatic heterocycles. The molecule has 4 heterocycles. The van der Waals surface area contributed by atoms with Crippen molar-refractivity contribution in [2.75, 3.05) is 11.1 Å². The molecule has 0 spiro atoms. The second-order valence-corrected chi connectivity index (χ2v) is 12.3. The van der Waals surface area contributed by atoms with Gasteiger partial charge in [-0.2, -0.15) is 0 Å². The van der Waals surface area contributed by atoms with E-state index in [2.05, 4.69) is 48.9 Å². The van der Waals surface area contributed by atoms with Gasteiger partial charge in [-0.1, -0.05) is 5.80 Å². The molecular weight excluding hydrogens is 728 g/mol. The van der Waals surface area contributed by atoms with E-state index in [1.807, 2.05) is 23.5 Å². The molecule has 276 valence electrons. The van der Waals surface area contributed by atoms with Crippen LogP contribution in [-0.2, 0) is 32.5 Å². The zero-order valence-electron chi connectivity index (χ0n) is 28.9. The van der Waals surface area contributed by atoms with E-state index >= 15 is 0 Å². The molecule has 0 aliphatic carbocycles. The number of nitrogen functional groups attached to an aromatic ring is 1. The number of thiazole rings is 2. The number of hydrogen-bond acceptors (Lipinski definition) is 18. The lowest BCUT2D eigenvalue weighted by Crippen LogP contribution is -2.37. The van der Waals surface area contributed by atoms with Crippen LogP contribution in [0.2, 0.25) is 13.6 Å². The number of hydrogen-bond donors (Lipinski definition) is 8. The van der Waals surface area contributed by atoms with Gasteiger partial charge in [0.05, 0.1) is 11.4 Å². The van der Waals surface area contributed by atoms with E-state index in [1.165, 1.54) is 43.3 Å². The number of aliphatic imine (C=N–C) groups is 1. The molecule has 9 N–H and O–H groups in total. The van der Waals surface area contributed by atoms with Gasteiger partial charge in [-0.25, -0.2) is 20.8 Å². The van der Waals surface area contributed by atoms with Crippen molar-refractivity contribution in [3.63, 3.8) is 0 Å².